The van der Waals surface area contributed by atoms with Gasteiger partial charge in [0.05, 0.1) is 23.1 Å². The number of halogens is 1. The number of carbonyl (C=O) groups excluding carboxylic acids is 1. The van der Waals surface area contributed by atoms with Crippen molar-refractivity contribution < 1.29 is 17.9 Å². The highest BCUT2D eigenvalue weighted by Crippen LogP contribution is 2.48. The maximum Gasteiger partial charge on any atom is 0.254 e. The van der Waals surface area contributed by atoms with Crippen molar-refractivity contribution in [1.82, 2.24) is 14.5 Å². The summed E-state index contributed by atoms with van der Waals surface area (Å²) in [7, 11) is -2.54. The molecular weight excluding hydrogens is 450 g/mol. The summed E-state index contributed by atoms with van der Waals surface area (Å²) in [5.74, 6) is -0.858. The standard InChI is InChI=1S/C26H24FN4O2P/c1-30-22-13-21(24-16(26(30)32)5-4-6-17(24)27)31-20-12-15(7-9-19(20)29-25(22)31)14-8-10-23(18(28)11-14)34(2,3)33/h4-12,21-22H,13,28H2,1-3H3/t21-,22-/m1/s1/i1D3. The molecule has 8 heteroatoms. The van der Waals surface area contributed by atoms with E-state index in [9.17, 15) is 9.36 Å². The molecule has 6 rings (SSSR count). The van der Waals surface area contributed by atoms with Gasteiger partial charge in [-0.1, -0.05) is 18.2 Å². The molecule has 2 aliphatic heterocycles. The second-order valence-electron chi connectivity index (χ2n) is 9.31. The maximum atomic E-state index is 15.2. The van der Waals surface area contributed by atoms with Crippen LogP contribution in [-0.2, 0) is 4.57 Å². The molecule has 1 aromatic heterocycles. The maximum absolute atomic E-state index is 15.2. The van der Waals surface area contributed by atoms with Gasteiger partial charge in [0.1, 0.15) is 18.8 Å². The van der Waals surface area contributed by atoms with Crippen molar-refractivity contribution in [2.45, 2.75) is 18.5 Å². The Bertz CT molecular complexity index is 1680. The Balaban J connectivity index is 1.57. The van der Waals surface area contributed by atoms with Gasteiger partial charge in [-0.25, -0.2) is 9.37 Å². The van der Waals surface area contributed by atoms with E-state index < -0.39 is 37.9 Å². The van der Waals surface area contributed by atoms with Crippen LogP contribution in [0.4, 0.5) is 10.1 Å². The van der Waals surface area contributed by atoms with Gasteiger partial charge < -0.3 is 19.8 Å². The van der Waals surface area contributed by atoms with E-state index in [-0.39, 0.29) is 17.5 Å². The topological polar surface area (TPSA) is 81.2 Å². The van der Waals surface area contributed by atoms with Crippen LogP contribution in [0.15, 0.2) is 54.6 Å². The highest BCUT2D eigenvalue weighted by atomic mass is 31.2. The molecule has 1 amide bonds. The average Bonchev–Trinajstić information content (AvgIpc) is 3.30. The van der Waals surface area contributed by atoms with E-state index in [4.69, 9.17) is 14.8 Å². The molecule has 0 fully saturated rings. The first kappa shape index (κ1) is 18.0. The van der Waals surface area contributed by atoms with Crippen LogP contribution in [0, 0.1) is 5.82 Å². The highest BCUT2D eigenvalue weighted by Gasteiger charge is 2.44. The quantitative estimate of drug-likeness (QED) is 0.332. The normalized spacial score (nSPS) is 21.0. The van der Waals surface area contributed by atoms with Gasteiger partial charge in [0.25, 0.3) is 5.91 Å². The number of aromatic nitrogens is 2. The van der Waals surface area contributed by atoms with E-state index in [2.05, 4.69) is 0 Å². The van der Waals surface area contributed by atoms with Crippen LogP contribution in [0.25, 0.3) is 22.2 Å². The van der Waals surface area contributed by atoms with Gasteiger partial charge in [0, 0.05) is 39.6 Å². The van der Waals surface area contributed by atoms with Crippen molar-refractivity contribution in [2.75, 3.05) is 26.0 Å². The molecule has 0 saturated carbocycles. The minimum absolute atomic E-state index is 0.0548. The molecule has 172 valence electrons. The lowest BCUT2D eigenvalue weighted by molar-refractivity contribution is 0.0734. The molecule has 2 atom stereocenters. The highest BCUT2D eigenvalue weighted by molar-refractivity contribution is 7.70. The molecule has 3 aromatic carbocycles. The van der Waals surface area contributed by atoms with Crippen LogP contribution >= 0.6 is 7.14 Å². The zero-order chi connectivity index (χ0) is 26.4. The summed E-state index contributed by atoms with van der Waals surface area (Å²) in [6, 6.07) is 13.8. The van der Waals surface area contributed by atoms with Gasteiger partial charge in [0.15, 0.2) is 0 Å². The first-order chi connectivity index (χ1) is 17.4. The Hall–Kier alpha value is -3.44. The largest absolute Gasteiger partial charge is 0.398 e. The van der Waals surface area contributed by atoms with Crippen LogP contribution in [-0.4, -0.2) is 40.7 Å². The fraction of sp³-hybridized carbons (Fsp3) is 0.231. The monoisotopic (exact) mass is 477 g/mol. The summed E-state index contributed by atoms with van der Waals surface area (Å²) in [4.78, 5) is 18.9. The third kappa shape index (κ3) is 2.90. The number of hydrogen-bond acceptors (Lipinski definition) is 4. The molecule has 2 bridgehead atoms. The zero-order valence-electron chi connectivity index (χ0n) is 21.6. The van der Waals surface area contributed by atoms with Gasteiger partial charge >= 0.3 is 0 Å². The summed E-state index contributed by atoms with van der Waals surface area (Å²) in [6.07, 6.45) is 0.213. The second kappa shape index (κ2) is 7.03. The van der Waals surface area contributed by atoms with Crippen molar-refractivity contribution in [2.24, 2.45) is 0 Å². The summed E-state index contributed by atoms with van der Waals surface area (Å²) in [5, 5.41) is 0.620. The lowest BCUT2D eigenvalue weighted by Crippen LogP contribution is -2.30. The van der Waals surface area contributed by atoms with Crippen molar-refractivity contribution in [1.29, 1.82) is 0 Å². The number of carbonyl (C=O) groups is 1. The number of hydrogen-bond donors (Lipinski definition) is 1. The summed E-state index contributed by atoms with van der Waals surface area (Å²) < 4.78 is 53.9. The number of nitrogens with zero attached hydrogens (tertiary/aromatic N) is 3. The van der Waals surface area contributed by atoms with E-state index >= 15 is 4.39 Å². The summed E-state index contributed by atoms with van der Waals surface area (Å²) in [5.41, 5.74) is 9.87. The smallest absolute Gasteiger partial charge is 0.254 e. The van der Waals surface area contributed by atoms with Gasteiger partial charge in [0.2, 0.25) is 0 Å². The average molecular weight is 477 g/mol. The first-order valence-corrected chi connectivity index (χ1v) is 13.6. The molecule has 3 heterocycles. The summed E-state index contributed by atoms with van der Waals surface area (Å²) >= 11 is 0. The van der Waals surface area contributed by atoms with Crippen LogP contribution < -0.4 is 11.0 Å². The molecule has 0 spiro atoms. The van der Waals surface area contributed by atoms with Crippen LogP contribution in [0.2, 0.25) is 0 Å². The molecule has 4 aromatic rings. The molecule has 0 saturated heterocycles. The molecule has 2 N–H and O–H groups in total. The molecule has 6 nitrogen and oxygen atoms in total. The Morgan fingerprint density at radius 1 is 1.12 bits per heavy atom. The van der Waals surface area contributed by atoms with E-state index in [0.29, 0.717) is 27.8 Å². The van der Waals surface area contributed by atoms with Gasteiger partial charge in [-0.05, 0) is 60.9 Å². The van der Waals surface area contributed by atoms with Gasteiger partial charge in [-0.3, -0.25) is 4.79 Å². The van der Waals surface area contributed by atoms with Gasteiger partial charge in [-0.15, -0.1) is 0 Å². The Morgan fingerprint density at radius 3 is 2.62 bits per heavy atom. The Labute approximate surface area is 200 Å². The number of fused-ring (bicyclic) bond motifs is 9. The molecule has 2 aliphatic rings. The minimum atomic E-state index is -2.73. The van der Waals surface area contributed by atoms with Crippen LogP contribution in [0.3, 0.4) is 0 Å². The number of amides is 1. The van der Waals surface area contributed by atoms with Crippen LogP contribution in [0.5, 0.6) is 0 Å². The molecule has 0 unspecified atom stereocenters. The number of benzene rings is 3. The van der Waals surface area contributed by atoms with E-state index in [0.717, 1.165) is 16.0 Å². The molecular formula is C26H24FN4O2P. The van der Waals surface area contributed by atoms with Crippen LogP contribution in [0.1, 0.15) is 44.4 Å². The molecule has 0 radical (unpaired) electrons. The van der Waals surface area contributed by atoms with Crippen molar-refractivity contribution in [3.63, 3.8) is 0 Å². The first-order valence-electron chi connectivity index (χ1n) is 12.5. The predicted octanol–water partition coefficient (Wildman–Crippen LogP) is 4.79. The van der Waals surface area contributed by atoms with Crippen molar-refractivity contribution in [3.05, 3.63) is 77.4 Å². The fourth-order valence-electron chi connectivity index (χ4n) is 5.30. The number of imidazole rings is 1. The number of anilines is 1. The Morgan fingerprint density at radius 2 is 1.88 bits per heavy atom. The number of nitrogens with two attached hydrogens (primary N) is 1. The number of rotatable bonds is 2. The van der Waals surface area contributed by atoms with Gasteiger partial charge in [-0.2, -0.15) is 0 Å². The second-order valence-corrected chi connectivity index (χ2v) is 12.5. The Kier molecular flexibility index (Phi) is 3.71. The molecule has 34 heavy (non-hydrogen) atoms. The lowest BCUT2D eigenvalue weighted by atomic mass is 9.98. The van der Waals surface area contributed by atoms with Crippen molar-refractivity contribution in [3.8, 4) is 11.1 Å². The zero-order valence-corrected chi connectivity index (χ0v) is 19.5. The predicted molar refractivity (Wildman–Crippen MR) is 133 cm³/mol. The van der Waals surface area contributed by atoms with E-state index in [1.165, 1.54) is 18.2 Å². The summed E-state index contributed by atoms with van der Waals surface area (Å²) in [6.45, 7) is 0.617. The fourth-order valence-corrected chi connectivity index (χ4v) is 6.42. The van der Waals surface area contributed by atoms with E-state index in [1.807, 2.05) is 28.8 Å². The van der Waals surface area contributed by atoms with E-state index in [1.54, 1.807) is 25.5 Å². The van der Waals surface area contributed by atoms with Crippen molar-refractivity contribution >= 4 is 35.1 Å². The lowest BCUT2D eigenvalue weighted by Gasteiger charge is -2.23. The molecule has 0 aliphatic carbocycles. The third-order valence-electron chi connectivity index (χ3n) is 6.86. The number of nitrogen functional groups attached to an aromatic ring is 1. The SMILES string of the molecule is [2H]C([2H])([2H])N1C(=O)c2cccc(F)c2[C@H]2C[C@@H]1c1nc3ccc(-c4ccc(P(C)(C)=O)c(N)c4)cc3n12. The third-order valence-corrected chi connectivity index (χ3v) is 8.43. The minimum Gasteiger partial charge on any atom is -0.398 e.